The maximum Gasteiger partial charge on any atom is 0.0468 e. The van der Waals surface area contributed by atoms with Gasteiger partial charge in [0.25, 0.3) is 0 Å². The first kappa shape index (κ1) is 29.0. The topological polar surface area (TPSA) is 3.24 Å². The van der Waals surface area contributed by atoms with Gasteiger partial charge in [0.2, 0.25) is 0 Å². The van der Waals surface area contributed by atoms with Crippen LogP contribution in [0.15, 0.2) is 188 Å². The van der Waals surface area contributed by atoms with Crippen molar-refractivity contribution in [1.82, 2.24) is 0 Å². The molecule has 9 rings (SSSR count). The van der Waals surface area contributed by atoms with E-state index in [1.807, 2.05) is 0 Å². The molecule has 1 aliphatic rings. The van der Waals surface area contributed by atoms with Crippen molar-refractivity contribution >= 4 is 55.0 Å². The zero-order chi connectivity index (χ0) is 32.6. The predicted octanol–water partition coefficient (Wildman–Crippen LogP) is 13.7. The van der Waals surface area contributed by atoms with Crippen LogP contribution in [0.25, 0.3) is 60.1 Å². The fourth-order valence-electron chi connectivity index (χ4n) is 7.41. The summed E-state index contributed by atoms with van der Waals surface area (Å²) in [6.45, 7) is 0. The molecule has 0 spiro atoms. The highest BCUT2D eigenvalue weighted by atomic mass is 15.1. The number of fused-ring (bicyclic) bond motifs is 6. The number of anilines is 3. The molecule has 0 fully saturated rings. The van der Waals surface area contributed by atoms with Crippen LogP contribution in [0.4, 0.5) is 17.1 Å². The minimum Gasteiger partial charge on any atom is -0.310 e. The summed E-state index contributed by atoms with van der Waals surface area (Å²) in [5, 5.41) is 7.62. The average Bonchev–Trinajstić information content (AvgIpc) is 3.19. The lowest BCUT2D eigenvalue weighted by molar-refractivity contribution is 1.04. The fourth-order valence-corrected chi connectivity index (χ4v) is 7.41. The Morgan fingerprint density at radius 2 is 0.796 bits per heavy atom. The van der Waals surface area contributed by atoms with E-state index in [0.717, 1.165) is 29.9 Å². The first-order chi connectivity index (χ1) is 24.3. The van der Waals surface area contributed by atoms with Crippen molar-refractivity contribution < 1.29 is 0 Å². The number of benzene rings is 8. The van der Waals surface area contributed by atoms with E-state index in [9.17, 15) is 0 Å². The van der Waals surface area contributed by atoms with Crippen LogP contribution in [0.3, 0.4) is 0 Å². The quantitative estimate of drug-likeness (QED) is 0.166. The molecule has 0 amide bonds. The van der Waals surface area contributed by atoms with Crippen molar-refractivity contribution in [2.45, 2.75) is 12.8 Å². The van der Waals surface area contributed by atoms with Gasteiger partial charge in [-0.05, 0) is 121 Å². The first-order valence-electron chi connectivity index (χ1n) is 17.2. The molecule has 1 nitrogen and oxygen atoms in total. The van der Waals surface area contributed by atoms with E-state index in [-0.39, 0.29) is 0 Å². The summed E-state index contributed by atoms with van der Waals surface area (Å²) in [6.07, 6.45) is 9.08. The minimum atomic E-state index is 1.10. The molecule has 0 unspecified atom stereocenters. The largest absolute Gasteiger partial charge is 0.310 e. The molecule has 8 aromatic carbocycles. The smallest absolute Gasteiger partial charge is 0.0468 e. The van der Waals surface area contributed by atoms with Gasteiger partial charge in [-0.1, -0.05) is 146 Å². The van der Waals surface area contributed by atoms with E-state index >= 15 is 0 Å². The summed E-state index contributed by atoms with van der Waals surface area (Å²) < 4.78 is 0. The monoisotopic (exact) mass is 625 g/mol. The highest BCUT2D eigenvalue weighted by molar-refractivity contribution is 6.26. The fraction of sp³-hybridized carbons (Fsp3) is 0.0417. The highest BCUT2D eigenvalue weighted by Gasteiger charge is 2.17. The van der Waals surface area contributed by atoms with Crippen molar-refractivity contribution in [3.63, 3.8) is 0 Å². The second-order valence-electron chi connectivity index (χ2n) is 12.8. The van der Waals surface area contributed by atoms with Crippen LogP contribution in [-0.2, 0) is 0 Å². The van der Waals surface area contributed by atoms with E-state index in [2.05, 4.69) is 193 Å². The van der Waals surface area contributed by atoms with Gasteiger partial charge in [-0.2, -0.15) is 0 Å². The van der Waals surface area contributed by atoms with E-state index in [4.69, 9.17) is 0 Å². The van der Waals surface area contributed by atoms with Crippen LogP contribution < -0.4 is 4.90 Å². The minimum absolute atomic E-state index is 1.10. The number of hydrogen-bond donors (Lipinski definition) is 0. The van der Waals surface area contributed by atoms with Gasteiger partial charge in [0.15, 0.2) is 0 Å². The summed E-state index contributed by atoms with van der Waals surface area (Å²) >= 11 is 0. The van der Waals surface area contributed by atoms with Gasteiger partial charge in [-0.15, -0.1) is 0 Å². The third-order valence-electron chi connectivity index (χ3n) is 9.87. The Morgan fingerprint density at radius 1 is 0.327 bits per heavy atom. The molecule has 0 bridgehead atoms. The molecule has 0 aromatic heterocycles. The summed E-state index contributed by atoms with van der Waals surface area (Å²) in [7, 11) is 0. The Bertz CT molecular complexity index is 2490. The molecule has 49 heavy (non-hydrogen) atoms. The van der Waals surface area contributed by atoms with Crippen LogP contribution in [-0.4, -0.2) is 0 Å². The average molecular weight is 626 g/mol. The highest BCUT2D eigenvalue weighted by Crippen LogP contribution is 2.42. The first-order valence-corrected chi connectivity index (χ1v) is 17.2. The summed E-state index contributed by atoms with van der Waals surface area (Å²) in [5.41, 5.74) is 10.9. The molecule has 1 heteroatoms. The SMILES string of the molecule is C1=CC(c2ccc(N(c3ccc(-c4ccccc4)cc3)c3ccc4c5ccc(-c6ccccc6)cc5c5ccccc5c4c3)cc2)=CCC1. The van der Waals surface area contributed by atoms with Crippen molar-refractivity contribution in [2.24, 2.45) is 0 Å². The van der Waals surface area contributed by atoms with Gasteiger partial charge in [0, 0.05) is 17.1 Å². The number of hydrogen-bond acceptors (Lipinski definition) is 1. The summed E-state index contributed by atoms with van der Waals surface area (Å²) in [4.78, 5) is 2.39. The molecule has 0 atom stereocenters. The van der Waals surface area contributed by atoms with Gasteiger partial charge in [-0.25, -0.2) is 0 Å². The van der Waals surface area contributed by atoms with Crippen molar-refractivity contribution in [2.75, 3.05) is 4.90 Å². The Balaban J connectivity index is 1.21. The van der Waals surface area contributed by atoms with E-state index in [1.54, 1.807) is 0 Å². The van der Waals surface area contributed by atoms with Crippen molar-refractivity contribution in [3.05, 3.63) is 194 Å². The zero-order valence-electron chi connectivity index (χ0n) is 27.3. The molecule has 0 heterocycles. The zero-order valence-corrected chi connectivity index (χ0v) is 27.3. The van der Waals surface area contributed by atoms with Crippen LogP contribution in [0.5, 0.6) is 0 Å². The molecular weight excluding hydrogens is 591 g/mol. The lowest BCUT2D eigenvalue weighted by atomic mass is 9.91. The third kappa shape index (κ3) is 5.40. The molecular formula is C48H35N. The van der Waals surface area contributed by atoms with Gasteiger partial charge in [-0.3, -0.25) is 0 Å². The molecule has 0 saturated heterocycles. The van der Waals surface area contributed by atoms with E-state index in [0.29, 0.717) is 0 Å². The Labute approximate surface area is 287 Å². The van der Waals surface area contributed by atoms with E-state index in [1.165, 1.54) is 65.7 Å². The lowest BCUT2D eigenvalue weighted by Crippen LogP contribution is -2.10. The van der Waals surface area contributed by atoms with Crippen LogP contribution in [0.2, 0.25) is 0 Å². The van der Waals surface area contributed by atoms with Crippen LogP contribution in [0, 0.1) is 0 Å². The Hall–Kier alpha value is -6.18. The lowest BCUT2D eigenvalue weighted by Gasteiger charge is -2.27. The summed E-state index contributed by atoms with van der Waals surface area (Å²) in [6, 6.07) is 62.0. The van der Waals surface area contributed by atoms with Gasteiger partial charge in [0.05, 0.1) is 0 Å². The Morgan fingerprint density at radius 3 is 1.41 bits per heavy atom. The molecule has 0 saturated carbocycles. The van der Waals surface area contributed by atoms with Crippen molar-refractivity contribution in [3.8, 4) is 22.3 Å². The predicted molar refractivity (Wildman–Crippen MR) is 211 cm³/mol. The normalized spacial score (nSPS) is 12.8. The maximum absolute atomic E-state index is 2.39. The van der Waals surface area contributed by atoms with Crippen molar-refractivity contribution in [1.29, 1.82) is 0 Å². The second kappa shape index (κ2) is 12.4. The van der Waals surface area contributed by atoms with Gasteiger partial charge < -0.3 is 4.90 Å². The van der Waals surface area contributed by atoms with Crippen LogP contribution in [0.1, 0.15) is 18.4 Å². The molecule has 0 radical (unpaired) electrons. The van der Waals surface area contributed by atoms with E-state index < -0.39 is 0 Å². The second-order valence-corrected chi connectivity index (χ2v) is 12.8. The molecule has 0 aliphatic heterocycles. The standard InChI is InChI=1S/C48H35N/c1-4-12-34(13-5-1)37-20-25-40(26-21-37)49(41-27-22-38(23-28-41)35-14-6-2-7-15-35)42-29-31-46-45-30-24-39(36-16-8-3-9-17-36)32-47(45)43-18-10-11-19-44(43)48(46)33-42/h1,3-6,8-33H,2,7H2. The van der Waals surface area contributed by atoms with Gasteiger partial charge in [0.1, 0.15) is 0 Å². The molecule has 1 aliphatic carbocycles. The summed E-state index contributed by atoms with van der Waals surface area (Å²) in [5.74, 6) is 0. The number of rotatable bonds is 6. The number of allylic oxidation sites excluding steroid dienone is 4. The van der Waals surface area contributed by atoms with Crippen LogP contribution >= 0.6 is 0 Å². The third-order valence-corrected chi connectivity index (χ3v) is 9.87. The molecule has 8 aromatic rings. The molecule has 232 valence electrons. The maximum atomic E-state index is 2.39. The van der Waals surface area contributed by atoms with Gasteiger partial charge >= 0.3 is 0 Å². The Kier molecular flexibility index (Phi) is 7.37. The molecule has 0 N–H and O–H groups in total. The number of nitrogens with zero attached hydrogens (tertiary/aromatic N) is 1.